The number of aromatic nitrogens is 9. The number of fused-ring (bicyclic) bond motifs is 5. The summed E-state index contributed by atoms with van der Waals surface area (Å²) in [6, 6.07) is 7.50. The molecule has 15 nitrogen and oxygen atoms in total. The van der Waals surface area contributed by atoms with Crippen molar-refractivity contribution < 1.29 is 48.3 Å². The third-order valence-electron chi connectivity index (χ3n) is 10.9. The number of hydrogen-bond donors (Lipinski definition) is 2. The van der Waals surface area contributed by atoms with Gasteiger partial charge in [0, 0.05) is 37.2 Å². The summed E-state index contributed by atoms with van der Waals surface area (Å²) in [6.07, 6.45) is -4.44. The molecule has 0 aliphatic heterocycles. The number of nitrogens with one attached hydrogen (secondary N) is 2. The summed E-state index contributed by atoms with van der Waals surface area (Å²) in [5.74, 6) is -9.54. The van der Waals surface area contributed by atoms with Crippen LogP contribution in [0.4, 0.5) is 40.9 Å². The van der Waals surface area contributed by atoms with Gasteiger partial charge in [0.25, 0.3) is 24.3 Å². The summed E-state index contributed by atoms with van der Waals surface area (Å²) >= 11 is 6.60. The lowest BCUT2D eigenvalue weighted by Gasteiger charge is -2.24. The van der Waals surface area contributed by atoms with Gasteiger partial charge in [0.2, 0.25) is 15.9 Å². The van der Waals surface area contributed by atoms with E-state index < -0.39 is 106 Å². The molecule has 7 aromatic rings. The minimum Gasteiger partial charge on any atom is -0.344 e. The molecule has 1 fully saturated rings. The number of pyridine rings is 1. The van der Waals surface area contributed by atoms with Crippen molar-refractivity contribution in [2.75, 3.05) is 11.0 Å². The van der Waals surface area contributed by atoms with Crippen LogP contribution in [0.1, 0.15) is 53.1 Å². The number of carbonyl (C=O) groups is 1. The largest absolute Gasteiger partial charge is 0.344 e. The number of rotatable bonds is 13. The normalized spacial score (nSPS) is 17.1. The average Bonchev–Trinajstić information content (AvgIpc) is 3.41. The molecule has 9 rings (SSSR count). The minimum absolute atomic E-state index is 0.00651. The Bertz CT molecular complexity index is 3220. The molecule has 0 bridgehead atoms. The van der Waals surface area contributed by atoms with Crippen molar-refractivity contribution >= 4 is 55.3 Å². The molecule has 334 valence electrons. The van der Waals surface area contributed by atoms with Gasteiger partial charge in [0.15, 0.2) is 11.5 Å². The number of amides is 1. The van der Waals surface area contributed by atoms with E-state index in [4.69, 9.17) is 11.6 Å². The maximum absolute atomic E-state index is 15.5. The van der Waals surface area contributed by atoms with Crippen molar-refractivity contribution in [3.8, 4) is 17.1 Å². The fourth-order valence-corrected chi connectivity index (χ4v) is 9.08. The first-order valence-electron chi connectivity index (χ1n) is 19.1. The van der Waals surface area contributed by atoms with E-state index in [9.17, 15) is 44.3 Å². The van der Waals surface area contributed by atoms with E-state index in [1.807, 2.05) is 0 Å². The molecular formula is C39H30ClF8N11O4S. The Labute approximate surface area is 359 Å². The lowest BCUT2D eigenvalue weighted by Crippen LogP contribution is -2.38. The highest BCUT2D eigenvalue weighted by molar-refractivity contribution is 7.92. The van der Waals surface area contributed by atoms with Crippen LogP contribution in [0.15, 0.2) is 59.5 Å². The summed E-state index contributed by atoms with van der Waals surface area (Å²) in [5.41, 5.74) is -3.25. The Hall–Kier alpha value is -6.43. The zero-order valence-corrected chi connectivity index (χ0v) is 34.5. The number of hydrogen-bond acceptors (Lipinski definition) is 9. The predicted octanol–water partition coefficient (Wildman–Crippen LogP) is 6.54. The van der Waals surface area contributed by atoms with E-state index in [-0.39, 0.29) is 67.4 Å². The van der Waals surface area contributed by atoms with Crippen LogP contribution >= 0.6 is 11.6 Å². The lowest BCUT2D eigenvalue weighted by atomic mass is 10.0. The molecule has 2 N–H and O–H groups in total. The van der Waals surface area contributed by atoms with Gasteiger partial charge in [-0.25, -0.2) is 44.7 Å². The molecule has 5 heterocycles. The standard InChI is InChI=1S/C39H30ClF8N11O4S/c1-56-32-26(6-4-22(40)30(32)36(54-56)55-64(2,62)63)59-37(51-35-19(38(59)61)3-5-23(50-35)24-7-8-57(52-24)14-27(43)44)25(11-16-9-17(41)12-18(42)10-16)49-28(60)15-58-33-29(31(53-58)34(45)46)20-13-21(20)39(33,47)48/h3-10,12,20-21,25,27,34H,11,13-15H2,1-2H3,(H,49,60)(H,54,55)/t20-,21+,25-/m0/s1. The van der Waals surface area contributed by atoms with Crippen molar-refractivity contribution in [1.82, 2.24) is 49.2 Å². The Morgan fingerprint density at radius 3 is 2.41 bits per heavy atom. The smallest absolute Gasteiger partial charge is 0.293 e. The fraction of sp³-hybridized carbons (Fsp3) is 0.308. The first-order chi connectivity index (χ1) is 30.2. The molecule has 1 saturated carbocycles. The third kappa shape index (κ3) is 7.60. The summed E-state index contributed by atoms with van der Waals surface area (Å²) in [5, 5.41) is 14.5. The van der Waals surface area contributed by atoms with Gasteiger partial charge in [-0.05, 0) is 60.4 Å². The molecule has 5 aromatic heterocycles. The van der Waals surface area contributed by atoms with Gasteiger partial charge in [0.1, 0.15) is 47.6 Å². The number of alkyl halides is 6. The molecule has 0 unspecified atom stereocenters. The SMILES string of the molecule is Cn1nc(NS(C)(=O)=O)c2c(Cl)ccc(-n3c([C@H](Cc4cc(F)cc(F)c4)NC(=O)Cn4nc(C(F)F)c5c4C(F)(F)[C@@H]4C[C@H]54)nc4nc(-c5ccn(CC(F)F)n5)ccc4c3=O)c21. The summed E-state index contributed by atoms with van der Waals surface area (Å²) < 4.78 is 146. The number of carbonyl (C=O) groups excluding carboxylic acids is 1. The van der Waals surface area contributed by atoms with Crippen LogP contribution in [0.2, 0.25) is 5.02 Å². The van der Waals surface area contributed by atoms with Gasteiger partial charge in [0.05, 0.1) is 45.0 Å². The van der Waals surface area contributed by atoms with Crippen LogP contribution < -0.4 is 15.6 Å². The van der Waals surface area contributed by atoms with E-state index in [2.05, 4.69) is 35.3 Å². The first kappa shape index (κ1) is 42.9. The van der Waals surface area contributed by atoms with Crippen LogP contribution in [-0.2, 0) is 47.3 Å². The van der Waals surface area contributed by atoms with Crippen LogP contribution in [0, 0.1) is 17.6 Å². The van der Waals surface area contributed by atoms with Crippen LogP contribution in [0.5, 0.6) is 0 Å². The van der Waals surface area contributed by atoms with Gasteiger partial charge < -0.3 is 5.32 Å². The average molecular weight is 936 g/mol. The molecule has 0 radical (unpaired) electrons. The van der Waals surface area contributed by atoms with E-state index in [1.54, 1.807) is 0 Å². The highest BCUT2D eigenvalue weighted by atomic mass is 35.5. The highest BCUT2D eigenvalue weighted by Gasteiger charge is 2.67. The van der Waals surface area contributed by atoms with Gasteiger partial charge in [-0.1, -0.05) is 11.6 Å². The van der Waals surface area contributed by atoms with E-state index in [0.717, 1.165) is 27.6 Å². The minimum atomic E-state index is -3.96. The highest BCUT2D eigenvalue weighted by Crippen LogP contribution is 2.68. The number of benzene rings is 2. The molecule has 0 saturated heterocycles. The Kier molecular flexibility index (Phi) is 10.3. The van der Waals surface area contributed by atoms with Crippen LogP contribution in [-0.4, -0.2) is 70.9 Å². The lowest BCUT2D eigenvalue weighted by molar-refractivity contribution is -0.123. The van der Waals surface area contributed by atoms with Crippen molar-refractivity contribution in [1.29, 1.82) is 0 Å². The number of anilines is 1. The molecule has 25 heteroatoms. The molecular weight excluding hydrogens is 906 g/mol. The molecule has 0 spiro atoms. The van der Waals surface area contributed by atoms with Gasteiger partial charge >= 0.3 is 0 Å². The van der Waals surface area contributed by atoms with E-state index in [1.165, 1.54) is 48.3 Å². The topological polar surface area (TPSA) is 177 Å². The molecule has 3 atom stereocenters. The van der Waals surface area contributed by atoms with Gasteiger partial charge in [-0.3, -0.25) is 32.9 Å². The van der Waals surface area contributed by atoms with E-state index >= 15 is 8.78 Å². The van der Waals surface area contributed by atoms with Crippen molar-refractivity contribution in [2.24, 2.45) is 13.0 Å². The maximum atomic E-state index is 15.5. The Morgan fingerprint density at radius 1 is 0.984 bits per heavy atom. The number of sulfonamides is 1. The molecule has 2 aliphatic rings. The van der Waals surface area contributed by atoms with Crippen LogP contribution in [0.25, 0.3) is 39.0 Å². The molecule has 64 heavy (non-hydrogen) atoms. The van der Waals surface area contributed by atoms with Crippen molar-refractivity contribution in [3.05, 3.63) is 110 Å². The molecule has 2 aromatic carbocycles. The Morgan fingerprint density at radius 2 is 1.72 bits per heavy atom. The number of nitrogens with zero attached hydrogens (tertiary/aromatic N) is 9. The second-order valence-electron chi connectivity index (χ2n) is 15.4. The second kappa shape index (κ2) is 15.4. The van der Waals surface area contributed by atoms with E-state index in [0.29, 0.717) is 10.7 Å². The molecule has 2 aliphatic carbocycles. The number of aryl methyl sites for hydroxylation is 1. The first-order valence-corrected chi connectivity index (χ1v) is 21.4. The number of halogens is 9. The summed E-state index contributed by atoms with van der Waals surface area (Å²) in [7, 11) is -2.55. The quantitative estimate of drug-likeness (QED) is 0.122. The zero-order chi connectivity index (χ0) is 45.7. The monoisotopic (exact) mass is 935 g/mol. The zero-order valence-electron chi connectivity index (χ0n) is 32.9. The predicted molar refractivity (Wildman–Crippen MR) is 213 cm³/mol. The fourth-order valence-electron chi connectivity index (χ4n) is 8.34. The summed E-state index contributed by atoms with van der Waals surface area (Å²) in [4.78, 5) is 38.2. The van der Waals surface area contributed by atoms with Gasteiger partial charge in [-0.15, -0.1) is 0 Å². The van der Waals surface area contributed by atoms with Crippen molar-refractivity contribution in [3.63, 3.8) is 0 Å². The van der Waals surface area contributed by atoms with Gasteiger partial charge in [-0.2, -0.15) is 24.1 Å². The van der Waals surface area contributed by atoms with Crippen LogP contribution in [0.3, 0.4) is 0 Å². The Balaban J connectivity index is 1.25. The second-order valence-corrected chi connectivity index (χ2v) is 17.6. The summed E-state index contributed by atoms with van der Waals surface area (Å²) in [6.45, 7) is -1.79. The third-order valence-corrected chi connectivity index (χ3v) is 11.8. The maximum Gasteiger partial charge on any atom is 0.293 e. The van der Waals surface area contributed by atoms with Crippen molar-refractivity contribution in [2.45, 2.75) is 56.7 Å². The molecule has 1 amide bonds.